The smallest absolute Gasteiger partial charge is 0.407 e. The van der Waals surface area contributed by atoms with Crippen LogP contribution in [0.4, 0.5) is 4.79 Å². The molecule has 1 saturated heterocycles. The zero-order valence-corrected chi connectivity index (χ0v) is 8.58. The van der Waals surface area contributed by atoms with Gasteiger partial charge in [-0.25, -0.2) is 4.79 Å². The fraction of sp³-hybridized carbons (Fsp3) is 0.875. The van der Waals surface area contributed by atoms with Crippen LogP contribution in [0.25, 0.3) is 0 Å². The van der Waals surface area contributed by atoms with Crippen molar-refractivity contribution < 1.29 is 19.9 Å². The van der Waals surface area contributed by atoms with E-state index >= 15 is 0 Å². The topological polar surface area (TPSA) is 104 Å². The average Bonchev–Trinajstić information content (AvgIpc) is 1.97. The predicted octanol–water partition coefficient (Wildman–Crippen LogP) is 0.0124. The third-order valence-corrected chi connectivity index (χ3v) is 2.61. The molecule has 0 aromatic rings. The molecule has 15 heavy (non-hydrogen) atoms. The molecular weight excluding hydrogens is 204 g/mol. The van der Waals surface area contributed by atoms with Gasteiger partial charge < -0.3 is 15.1 Å². The van der Waals surface area contributed by atoms with E-state index in [4.69, 9.17) is 5.11 Å². The molecule has 1 fully saturated rings. The molecule has 1 heterocycles. The van der Waals surface area contributed by atoms with Crippen LogP contribution in [-0.2, 0) is 0 Å². The Bertz CT molecular complexity index is 285. The van der Waals surface area contributed by atoms with E-state index in [0.29, 0.717) is 0 Å². The van der Waals surface area contributed by atoms with Crippen molar-refractivity contribution >= 4 is 6.09 Å². The molecule has 0 spiro atoms. The molecule has 1 aliphatic rings. The molecule has 1 unspecified atom stereocenters. The van der Waals surface area contributed by atoms with Gasteiger partial charge in [-0.1, -0.05) is 13.8 Å². The Morgan fingerprint density at radius 2 is 2.00 bits per heavy atom. The number of hydrogen-bond acceptors (Lipinski definition) is 4. The minimum absolute atomic E-state index is 0.188. The van der Waals surface area contributed by atoms with Crippen molar-refractivity contribution in [1.82, 2.24) is 4.90 Å². The van der Waals surface area contributed by atoms with Crippen LogP contribution < -0.4 is 0 Å². The van der Waals surface area contributed by atoms with Crippen molar-refractivity contribution in [2.24, 2.45) is 5.92 Å². The van der Waals surface area contributed by atoms with Crippen molar-refractivity contribution in [2.45, 2.75) is 25.5 Å². The van der Waals surface area contributed by atoms with Gasteiger partial charge in [-0.05, 0) is 0 Å². The third kappa shape index (κ3) is 2.01. The van der Waals surface area contributed by atoms with Crippen molar-refractivity contribution in [3.05, 3.63) is 10.1 Å². The maximum Gasteiger partial charge on any atom is 0.407 e. The van der Waals surface area contributed by atoms with Gasteiger partial charge in [0.2, 0.25) is 6.04 Å². The Morgan fingerprint density at radius 3 is 2.27 bits per heavy atom. The first-order valence-corrected chi connectivity index (χ1v) is 4.61. The molecule has 7 nitrogen and oxygen atoms in total. The Balaban J connectivity index is 2.71. The van der Waals surface area contributed by atoms with Crippen LogP contribution >= 0.6 is 0 Å². The highest BCUT2D eigenvalue weighted by atomic mass is 16.6. The number of β-amino-alcohol motifs (C(OH)–C–C–N with tert-alkyl or cyclic N) is 1. The molecule has 86 valence electrons. The number of likely N-dealkylation sites (tertiary alicyclic amines) is 1. The van der Waals surface area contributed by atoms with Crippen molar-refractivity contribution in [3.8, 4) is 0 Å². The number of carbonyl (C=O) groups is 1. The number of nitro groups is 1. The van der Waals surface area contributed by atoms with Crippen molar-refractivity contribution in [3.63, 3.8) is 0 Å². The van der Waals surface area contributed by atoms with Gasteiger partial charge in [-0.3, -0.25) is 10.1 Å². The maximum atomic E-state index is 10.7. The second-order valence-electron chi connectivity index (χ2n) is 4.22. The molecule has 0 aromatic heterocycles. The molecule has 1 rings (SSSR count). The quantitative estimate of drug-likeness (QED) is 0.513. The van der Waals surface area contributed by atoms with Crippen LogP contribution in [0.3, 0.4) is 0 Å². The van der Waals surface area contributed by atoms with E-state index in [9.17, 15) is 20.0 Å². The normalized spacial score (nSPS) is 20.9. The molecule has 7 heteroatoms. The number of hydrogen-bond donors (Lipinski definition) is 2. The molecule has 0 saturated carbocycles. The molecule has 1 aliphatic heterocycles. The molecule has 0 aromatic carbocycles. The Kier molecular flexibility index (Phi) is 2.85. The Morgan fingerprint density at radius 1 is 1.53 bits per heavy atom. The van der Waals surface area contributed by atoms with E-state index in [0.717, 1.165) is 4.90 Å². The lowest BCUT2D eigenvalue weighted by Gasteiger charge is -2.46. The monoisotopic (exact) mass is 218 g/mol. The molecule has 2 N–H and O–H groups in total. The zero-order chi connectivity index (χ0) is 11.8. The van der Waals surface area contributed by atoms with E-state index in [1.807, 2.05) is 0 Å². The summed E-state index contributed by atoms with van der Waals surface area (Å²) in [6.07, 6.45) is -1.16. The molecule has 1 amide bonds. The number of rotatable bonds is 3. The van der Waals surface area contributed by atoms with E-state index < -0.39 is 22.7 Å². The summed E-state index contributed by atoms with van der Waals surface area (Å²) in [4.78, 5) is 21.6. The summed E-state index contributed by atoms with van der Waals surface area (Å²) >= 11 is 0. The summed E-state index contributed by atoms with van der Waals surface area (Å²) in [7, 11) is 0. The van der Waals surface area contributed by atoms with Gasteiger partial charge in [0.15, 0.2) is 5.60 Å². The summed E-state index contributed by atoms with van der Waals surface area (Å²) in [6.45, 7) is 2.89. The Labute approximate surface area is 86.5 Å². The molecule has 1 atom stereocenters. The minimum atomic E-state index is -1.52. The van der Waals surface area contributed by atoms with Crippen molar-refractivity contribution in [2.75, 3.05) is 13.1 Å². The lowest BCUT2D eigenvalue weighted by Crippen LogP contribution is -2.71. The van der Waals surface area contributed by atoms with Crippen LogP contribution in [0.2, 0.25) is 0 Å². The predicted molar refractivity (Wildman–Crippen MR) is 50.2 cm³/mol. The summed E-state index contributed by atoms with van der Waals surface area (Å²) < 4.78 is 0. The maximum absolute atomic E-state index is 10.7. The fourth-order valence-corrected chi connectivity index (χ4v) is 2.00. The zero-order valence-electron chi connectivity index (χ0n) is 8.58. The molecular formula is C8H14N2O5. The van der Waals surface area contributed by atoms with Crippen LogP contribution in [0, 0.1) is 16.0 Å². The third-order valence-electron chi connectivity index (χ3n) is 2.61. The SMILES string of the molecule is CC(C)C([N+](=O)[O-])C1(O)CN(C(=O)O)C1. The van der Waals surface area contributed by atoms with E-state index in [2.05, 4.69) is 0 Å². The van der Waals surface area contributed by atoms with Crippen LogP contribution in [0.5, 0.6) is 0 Å². The van der Waals surface area contributed by atoms with E-state index in [1.54, 1.807) is 13.8 Å². The van der Waals surface area contributed by atoms with E-state index in [1.165, 1.54) is 0 Å². The first-order chi connectivity index (χ1) is 6.78. The molecule has 0 aliphatic carbocycles. The van der Waals surface area contributed by atoms with Gasteiger partial charge in [0.05, 0.1) is 13.1 Å². The standard InChI is InChI=1S/C8H14N2O5/c1-5(2)6(10(14)15)8(13)3-9(4-8)7(11)12/h5-6,13H,3-4H2,1-2H3,(H,11,12). The lowest BCUT2D eigenvalue weighted by atomic mass is 9.81. The fourth-order valence-electron chi connectivity index (χ4n) is 2.00. The van der Waals surface area contributed by atoms with Gasteiger partial charge in [0.1, 0.15) is 0 Å². The number of nitrogens with zero attached hydrogens (tertiary/aromatic N) is 2. The highest BCUT2D eigenvalue weighted by Crippen LogP contribution is 2.30. The van der Waals surface area contributed by atoms with Crippen LogP contribution in [0.15, 0.2) is 0 Å². The number of aliphatic hydroxyl groups is 1. The summed E-state index contributed by atoms with van der Waals surface area (Å²) in [5, 5.41) is 29.2. The summed E-state index contributed by atoms with van der Waals surface area (Å²) in [5.74, 6) is -0.332. The van der Waals surface area contributed by atoms with Gasteiger partial charge in [0, 0.05) is 10.8 Å². The van der Waals surface area contributed by atoms with Crippen molar-refractivity contribution in [1.29, 1.82) is 0 Å². The summed E-state index contributed by atoms with van der Waals surface area (Å²) in [6, 6.07) is -1.12. The second-order valence-corrected chi connectivity index (χ2v) is 4.22. The number of amides is 1. The largest absolute Gasteiger partial charge is 0.465 e. The highest BCUT2D eigenvalue weighted by Gasteiger charge is 2.56. The minimum Gasteiger partial charge on any atom is -0.465 e. The van der Waals surface area contributed by atoms with Gasteiger partial charge in [-0.15, -0.1) is 0 Å². The number of carboxylic acid groups (broad SMARTS) is 1. The second kappa shape index (κ2) is 3.65. The first kappa shape index (κ1) is 11.7. The highest BCUT2D eigenvalue weighted by molar-refractivity contribution is 5.66. The van der Waals surface area contributed by atoms with Gasteiger partial charge >= 0.3 is 6.09 Å². The molecule has 0 radical (unpaired) electrons. The molecule has 0 bridgehead atoms. The van der Waals surface area contributed by atoms with Crippen LogP contribution in [-0.4, -0.2) is 50.9 Å². The summed E-state index contributed by atoms with van der Waals surface area (Å²) in [5.41, 5.74) is -1.52. The lowest BCUT2D eigenvalue weighted by molar-refractivity contribution is -0.559. The van der Waals surface area contributed by atoms with Crippen LogP contribution in [0.1, 0.15) is 13.8 Å². The van der Waals surface area contributed by atoms with E-state index in [-0.39, 0.29) is 19.0 Å². The van der Waals surface area contributed by atoms with Gasteiger partial charge in [-0.2, -0.15) is 0 Å². The average molecular weight is 218 g/mol. The Hall–Kier alpha value is -1.37. The first-order valence-electron chi connectivity index (χ1n) is 4.61. The van der Waals surface area contributed by atoms with Gasteiger partial charge in [0.25, 0.3) is 0 Å².